The molecule has 18 heavy (non-hydrogen) atoms. The molecule has 0 aliphatic carbocycles. The Hall–Kier alpha value is -1.27. The van der Waals surface area contributed by atoms with Crippen molar-refractivity contribution in [3.63, 3.8) is 0 Å². The zero-order valence-electron chi connectivity index (χ0n) is 11.3. The van der Waals surface area contributed by atoms with Crippen LogP contribution in [-0.2, 0) is 10.0 Å². The van der Waals surface area contributed by atoms with Gasteiger partial charge in [0.05, 0.1) is 16.3 Å². The fraction of sp³-hybridized carbons (Fsp3) is 0.500. The van der Waals surface area contributed by atoms with E-state index in [1.807, 2.05) is 32.8 Å². The second kappa shape index (κ2) is 5.58. The third kappa shape index (κ3) is 2.76. The second-order valence-corrected chi connectivity index (χ2v) is 6.14. The van der Waals surface area contributed by atoms with Crippen molar-refractivity contribution < 1.29 is 8.42 Å². The van der Waals surface area contributed by atoms with Crippen LogP contribution in [0.15, 0.2) is 23.1 Å². The molecule has 0 saturated heterocycles. The summed E-state index contributed by atoms with van der Waals surface area (Å²) in [6, 6.07) is 4.84. The highest BCUT2D eigenvalue weighted by atomic mass is 32.2. The van der Waals surface area contributed by atoms with Gasteiger partial charge in [-0.1, -0.05) is 13.8 Å². The predicted octanol–water partition coefficient (Wildman–Crippen LogP) is 1.37. The molecule has 6 heteroatoms. The van der Waals surface area contributed by atoms with E-state index in [1.165, 1.54) is 10.4 Å². The molecule has 2 N–H and O–H groups in total. The predicted molar refractivity (Wildman–Crippen MR) is 75.3 cm³/mol. The summed E-state index contributed by atoms with van der Waals surface area (Å²) in [5.74, 6) is 0. The average molecular weight is 271 g/mol. The van der Waals surface area contributed by atoms with E-state index in [4.69, 9.17) is 5.73 Å². The maximum Gasteiger partial charge on any atom is 0.243 e. The van der Waals surface area contributed by atoms with Crippen molar-refractivity contribution in [2.45, 2.75) is 18.7 Å². The van der Waals surface area contributed by atoms with Gasteiger partial charge in [0.15, 0.2) is 0 Å². The van der Waals surface area contributed by atoms with Crippen LogP contribution >= 0.6 is 0 Å². The summed E-state index contributed by atoms with van der Waals surface area (Å²) in [5.41, 5.74) is 7.16. The maximum absolute atomic E-state index is 12.3. The number of anilines is 2. The van der Waals surface area contributed by atoms with Crippen LogP contribution in [0.4, 0.5) is 11.4 Å². The molecule has 1 rings (SSSR count). The van der Waals surface area contributed by atoms with E-state index in [1.54, 1.807) is 12.1 Å². The number of nitrogens with zero attached hydrogens (tertiary/aromatic N) is 2. The van der Waals surface area contributed by atoms with Crippen molar-refractivity contribution in [3.05, 3.63) is 18.2 Å². The lowest BCUT2D eigenvalue weighted by Gasteiger charge is -2.20. The highest BCUT2D eigenvalue weighted by Gasteiger charge is 2.22. The first kappa shape index (κ1) is 14.8. The Morgan fingerprint density at radius 3 is 2.11 bits per heavy atom. The lowest BCUT2D eigenvalue weighted by Crippen LogP contribution is -2.30. The largest absolute Gasteiger partial charge is 0.397 e. The molecule has 0 aliphatic heterocycles. The van der Waals surface area contributed by atoms with E-state index < -0.39 is 10.0 Å². The van der Waals surface area contributed by atoms with Crippen molar-refractivity contribution in [1.82, 2.24) is 4.31 Å². The van der Waals surface area contributed by atoms with E-state index in [2.05, 4.69) is 0 Å². The van der Waals surface area contributed by atoms with Gasteiger partial charge in [-0.3, -0.25) is 0 Å². The molecular weight excluding hydrogens is 250 g/mol. The molecule has 0 atom stereocenters. The fourth-order valence-electron chi connectivity index (χ4n) is 1.81. The fourth-order valence-corrected chi connectivity index (χ4v) is 3.31. The Morgan fingerprint density at radius 2 is 1.72 bits per heavy atom. The number of nitrogens with two attached hydrogens (primary N) is 1. The van der Waals surface area contributed by atoms with Crippen LogP contribution in [0.2, 0.25) is 0 Å². The molecule has 5 nitrogen and oxygen atoms in total. The van der Waals surface area contributed by atoms with E-state index in [-0.39, 0.29) is 4.90 Å². The normalized spacial score (nSPS) is 11.8. The molecule has 102 valence electrons. The molecule has 0 saturated carbocycles. The van der Waals surface area contributed by atoms with Crippen LogP contribution in [0, 0.1) is 0 Å². The summed E-state index contributed by atoms with van der Waals surface area (Å²) in [6.07, 6.45) is 0. The lowest BCUT2D eigenvalue weighted by atomic mass is 10.2. The Labute approximate surface area is 109 Å². The molecule has 1 aromatic rings. The first-order chi connectivity index (χ1) is 8.34. The molecule has 0 unspecified atom stereocenters. The number of rotatable bonds is 5. The van der Waals surface area contributed by atoms with Crippen LogP contribution in [0.25, 0.3) is 0 Å². The van der Waals surface area contributed by atoms with Gasteiger partial charge < -0.3 is 10.6 Å². The summed E-state index contributed by atoms with van der Waals surface area (Å²) in [5, 5.41) is 0. The smallest absolute Gasteiger partial charge is 0.243 e. The molecular formula is C12H21N3O2S. The SMILES string of the molecule is CCN(CC)S(=O)(=O)c1ccc(N(C)C)c(N)c1. The molecule has 0 radical (unpaired) electrons. The van der Waals surface area contributed by atoms with Crippen LogP contribution < -0.4 is 10.6 Å². The first-order valence-electron chi connectivity index (χ1n) is 5.91. The molecule has 0 fully saturated rings. The van der Waals surface area contributed by atoms with Gasteiger partial charge in [0.1, 0.15) is 0 Å². The zero-order chi connectivity index (χ0) is 13.9. The zero-order valence-corrected chi connectivity index (χ0v) is 12.2. The minimum Gasteiger partial charge on any atom is -0.397 e. The summed E-state index contributed by atoms with van der Waals surface area (Å²) in [7, 11) is 0.299. The third-order valence-electron chi connectivity index (χ3n) is 2.82. The van der Waals surface area contributed by atoms with Gasteiger partial charge in [-0.15, -0.1) is 0 Å². The molecule has 0 aliphatic rings. The van der Waals surface area contributed by atoms with Gasteiger partial charge in [-0.25, -0.2) is 8.42 Å². The Morgan fingerprint density at radius 1 is 1.17 bits per heavy atom. The minimum absolute atomic E-state index is 0.245. The standard InChI is InChI=1S/C12H21N3O2S/c1-5-15(6-2)18(16,17)10-7-8-12(14(3)4)11(13)9-10/h7-9H,5-6,13H2,1-4H3. The maximum atomic E-state index is 12.3. The van der Waals surface area contributed by atoms with Crippen molar-refractivity contribution >= 4 is 21.4 Å². The van der Waals surface area contributed by atoms with Crippen molar-refractivity contribution in [1.29, 1.82) is 0 Å². The third-order valence-corrected chi connectivity index (χ3v) is 4.87. The highest BCUT2D eigenvalue weighted by molar-refractivity contribution is 7.89. The summed E-state index contributed by atoms with van der Waals surface area (Å²) in [6.45, 7) is 4.54. The highest BCUT2D eigenvalue weighted by Crippen LogP contribution is 2.26. The first-order valence-corrected chi connectivity index (χ1v) is 7.35. The number of nitrogen functional groups attached to an aromatic ring is 1. The van der Waals surface area contributed by atoms with E-state index in [0.29, 0.717) is 18.8 Å². The van der Waals surface area contributed by atoms with Crippen LogP contribution in [0.1, 0.15) is 13.8 Å². The van der Waals surface area contributed by atoms with Gasteiger partial charge in [0.25, 0.3) is 0 Å². The number of benzene rings is 1. The Balaban J connectivity index is 3.23. The number of sulfonamides is 1. The quantitative estimate of drug-likeness (QED) is 0.821. The lowest BCUT2D eigenvalue weighted by molar-refractivity contribution is 0.445. The van der Waals surface area contributed by atoms with Crippen LogP contribution in [0.5, 0.6) is 0 Å². The number of hydrogen-bond donors (Lipinski definition) is 1. The monoisotopic (exact) mass is 271 g/mol. The molecule has 1 aromatic carbocycles. The molecule has 0 aromatic heterocycles. The summed E-state index contributed by atoms with van der Waals surface area (Å²) in [4.78, 5) is 2.10. The van der Waals surface area contributed by atoms with Crippen molar-refractivity contribution in [3.8, 4) is 0 Å². The Bertz CT molecular complexity index is 508. The van der Waals surface area contributed by atoms with Crippen LogP contribution in [-0.4, -0.2) is 39.9 Å². The topological polar surface area (TPSA) is 66.6 Å². The van der Waals surface area contributed by atoms with Gasteiger partial charge in [-0.2, -0.15) is 4.31 Å². The van der Waals surface area contributed by atoms with Gasteiger partial charge in [-0.05, 0) is 18.2 Å². The summed E-state index contributed by atoms with van der Waals surface area (Å²) < 4.78 is 26.0. The van der Waals surface area contributed by atoms with Gasteiger partial charge in [0.2, 0.25) is 10.0 Å². The van der Waals surface area contributed by atoms with E-state index >= 15 is 0 Å². The second-order valence-electron chi connectivity index (χ2n) is 4.20. The molecule has 0 bridgehead atoms. The Kier molecular flexibility index (Phi) is 4.59. The minimum atomic E-state index is -3.43. The number of hydrogen-bond acceptors (Lipinski definition) is 4. The molecule has 0 heterocycles. The van der Waals surface area contributed by atoms with E-state index in [0.717, 1.165) is 5.69 Å². The van der Waals surface area contributed by atoms with Crippen LogP contribution in [0.3, 0.4) is 0 Å². The average Bonchev–Trinajstić information content (AvgIpc) is 2.29. The summed E-state index contributed by atoms with van der Waals surface area (Å²) >= 11 is 0. The molecule has 0 amide bonds. The van der Waals surface area contributed by atoms with Crippen molar-refractivity contribution in [2.24, 2.45) is 0 Å². The van der Waals surface area contributed by atoms with Gasteiger partial charge in [0, 0.05) is 27.2 Å². The molecule has 0 spiro atoms. The van der Waals surface area contributed by atoms with Gasteiger partial charge >= 0.3 is 0 Å². The van der Waals surface area contributed by atoms with Crippen molar-refractivity contribution in [2.75, 3.05) is 37.8 Å². The van der Waals surface area contributed by atoms with E-state index in [9.17, 15) is 8.42 Å².